The maximum atomic E-state index is 11.3. The molecular formula is C18H28N2O4. The normalized spacial score (nSPS) is 28.3. The second-order valence-corrected chi connectivity index (χ2v) is 6.56. The Labute approximate surface area is 143 Å². The third kappa shape index (κ3) is 5.56. The van der Waals surface area contributed by atoms with E-state index >= 15 is 0 Å². The number of amides is 1. The van der Waals surface area contributed by atoms with Crippen LogP contribution in [0.4, 0.5) is 0 Å². The first-order chi connectivity index (χ1) is 11.5. The van der Waals surface area contributed by atoms with Crippen LogP contribution < -0.4 is 5.32 Å². The highest BCUT2D eigenvalue weighted by Crippen LogP contribution is 2.15. The van der Waals surface area contributed by atoms with E-state index in [-0.39, 0.29) is 5.91 Å². The molecule has 134 valence electrons. The van der Waals surface area contributed by atoms with Gasteiger partial charge in [-0.05, 0) is 31.4 Å². The lowest BCUT2D eigenvalue weighted by Crippen LogP contribution is -2.52. The lowest BCUT2D eigenvalue weighted by Gasteiger charge is -2.27. The molecule has 4 N–H and O–H groups in total. The van der Waals surface area contributed by atoms with Crippen LogP contribution in [0.5, 0.6) is 0 Å². The Morgan fingerprint density at radius 1 is 1.12 bits per heavy atom. The summed E-state index contributed by atoms with van der Waals surface area (Å²) in [6.45, 7) is 2.84. The second-order valence-electron chi connectivity index (χ2n) is 6.56. The highest BCUT2D eigenvalue weighted by Gasteiger charge is 2.37. The number of unbranched alkanes of at least 4 members (excludes halogenated alkanes) is 1. The smallest absolute Gasteiger partial charge is 0.217 e. The van der Waals surface area contributed by atoms with Gasteiger partial charge < -0.3 is 20.6 Å². The van der Waals surface area contributed by atoms with Crippen LogP contribution >= 0.6 is 0 Å². The van der Waals surface area contributed by atoms with Crippen molar-refractivity contribution in [1.82, 2.24) is 10.2 Å². The molecule has 4 atom stereocenters. The molecule has 1 saturated heterocycles. The Morgan fingerprint density at radius 2 is 1.83 bits per heavy atom. The number of carbonyl (C=O) groups is 1. The minimum Gasteiger partial charge on any atom is -0.389 e. The predicted octanol–water partition coefficient (Wildman–Crippen LogP) is -0.0877. The van der Waals surface area contributed by atoms with Gasteiger partial charge in [0.15, 0.2) is 0 Å². The summed E-state index contributed by atoms with van der Waals surface area (Å²) in [4.78, 5) is 13.3. The zero-order valence-electron chi connectivity index (χ0n) is 14.1. The number of hydrogen-bond acceptors (Lipinski definition) is 5. The van der Waals surface area contributed by atoms with Gasteiger partial charge in [0.25, 0.3) is 0 Å². The first-order valence-electron chi connectivity index (χ1n) is 8.55. The Balaban J connectivity index is 1.85. The van der Waals surface area contributed by atoms with Crippen molar-refractivity contribution in [2.24, 2.45) is 0 Å². The third-order valence-electron chi connectivity index (χ3n) is 4.48. The Bertz CT molecular complexity index is 511. The summed E-state index contributed by atoms with van der Waals surface area (Å²) in [7, 11) is 0. The van der Waals surface area contributed by atoms with Crippen molar-refractivity contribution in [3.63, 3.8) is 0 Å². The lowest BCUT2D eigenvalue weighted by molar-refractivity contribution is -0.121. The van der Waals surface area contributed by atoms with E-state index in [9.17, 15) is 20.1 Å². The zero-order chi connectivity index (χ0) is 17.5. The van der Waals surface area contributed by atoms with E-state index in [4.69, 9.17) is 0 Å². The first-order valence-corrected chi connectivity index (χ1v) is 8.55. The molecule has 0 unspecified atom stereocenters. The van der Waals surface area contributed by atoms with Crippen LogP contribution in [0.1, 0.15) is 25.3 Å². The van der Waals surface area contributed by atoms with Gasteiger partial charge in [0.05, 0.1) is 12.1 Å². The SMILES string of the molecule is CC(=O)N[C@H]1CN(CCCCc2ccccc2)C[C@H](O)[C@@H](O)[C@@H]1O. The number of β-amino-alcohol motifs (C(OH)–C–C–N with tert-alkyl or cyclic N) is 1. The van der Waals surface area contributed by atoms with Gasteiger partial charge in [0.1, 0.15) is 12.2 Å². The van der Waals surface area contributed by atoms with Crippen LogP contribution in [0.25, 0.3) is 0 Å². The molecule has 0 saturated carbocycles. The molecule has 0 aliphatic carbocycles. The Kier molecular flexibility index (Phi) is 7.17. The summed E-state index contributed by atoms with van der Waals surface area (Å²) >= 11 is 0. The van der Waals surface area contributed by atoms with Crippen LogP contribution in [0.15, 0.2) is 30.3 Å². The number of benzene rings is 1. The van der Waals surface area contributed by atoms with E-state index < -0.39 is 24.4 Å². The Morgan fingerprint density at radius 3 is 2.50 bits per heavy atom. The van der Waals surface area contributed by atoms with E-state index in [1.165, 1.54) is 12.5 Å². The number of aliphatic hydroxyl groups is 3. The van der Waals surface area contributed by atoms with Crippen LogP contribution in [0, 0.1) is 0 Å². The van der Waals surface area contributed by atoms with Gasteiger partial charge in [-0.2, -0.15) is 0 Å². The van der Waals surface area contributed by atoms with Crippen LogP contribution in [-0.4, -0.2) is 70.1 Å². The molecule has 1 aromatic rings. The van der Waals surface area contributed by atoms with Crippen molar-refractivity contribution in [2.45, 2.75) is 50.5 Å². The number of carbonyl (C=O) groups excluding carboxylic acids is 1. The number of hydrogen-bond donors (Lipinski definition) is 4. The van der Waals surface area contributed by atoms with Gasteiger partial charge in [0, 0.05) is 20.0 Å². The van der Waals surface area contributed by atoms with Gasteiger partial charge in [-0.25, -0.2) is 0 Å². The van der Waals surface area contributed by atoms with Crippen molar-refractivity contribution >= 4 is 5.91 Å². The summed E-state index contributed by atoms with van der Waals surface area (Å²) < 4.78 is 0. The number of rotatable bonds is 6. The molecule has 0 spiro atoms. The molecule has 0 aromatic heterocycles. The largest absolute Gasteiger partial charge is 0.389 e. The third-order valence-corrected chi connectivity index (χ3v) is 4.48. The number of aryl methyl sites for hydroxylation is 1. The average molecular weight is 336 g/mol. The van der Waals surface area contributed by atoms with Crippen molar-refractivity contribution in [3.05, 3.63) is 35.9 Å². The van der Waals surface area contributed by atoms with Gasteiger partial charge in [-0.15, -0.1) is 0 Å². The molecule has 1 aliphatic heterocycles. The molecule has 1 aromatic carbocycles. The predicted molar refractivity (Wildman–Crippen MR) is 91.4 cm³/mol. The first kappa shape index (κ1) is 18.9. The molecule has 24 heavy (non-hydrogen) atoms. The zero-order valence-corrected chi connectivity index (χ0v) is 14.1. The minimum atomic E-state index is -1.25. The summed E-state index contributed by atoms with van der Waals surface area (Å²) in [5.74, 6) is -0.258. The lowest BCUT2D eigenvalue weighted by atomic mass is 10.0. The van der Waals surface area contributed by atoms with Gasteiger partial charge in [-0.3, -0.25) is 9.69 Å². The monoisotopic (exact) mass is 336 g/mol. The topological polar surface area (TPSA) is 93.0 Å². The van der Waals surface area contributed by atoms with Crippen molar-refractivity contribution < 1.29 is 20.1 Å². The summed E-state index contributed by atoms with van der Waals surface area (Å²) in [5, 5.41) is 32.8. The average Bonchev–Trinajstić information content (AvgIpc) is 2.65. The van der Waals surface area contributed by atoms with Gasteiger partial charge in [-0.1, -0.05) is 30.3 Å². The summed E-state index contributed by atoms with van der Waals surface area (Å²) in [6.07, 6.45) is -0.479. The highest BCUT2D eigenvalue weighted by atomic mass is 16.4. The summed E-state index contributed by atoms with van der Waals surface area (Å²) in [6, 6.07) is 9.69. The maximum absolute atomic E-state index is 11.3. The molecule has 1 fully saturated rings. The van der Waals surface area contributed by atoms with Crippen molar-refractivity contribution in [1.29, 1.82) is 0 Å². The second kappa shape index (κ2) is 9.13. The van der Waals surface area contributed by atoms with Crippen LogP contribution in [-0.2, 0) is 11.2 Å². The molecule has 0 bridgehead atoms. The van der Waals surface area contributed by atoms with Crippen molar-refractivity contribution in [2.75, 3.05) is 19.6 Å². The number of nitrogens with zero attached hydrogens (tertiary/aromatic N) is 1. The minimum absolute atomic E-state index is 0.258. The number of aliphatic hydroxyl groups excluding tert-OH is 3. The number of nitrogens with one attached hydrogen (secondary N) is 1. The fraction of sp³-hybridized carbons (Fsp3) is 0.611. The Hall–Kier alpha value is -1.47. The quantitative estimate of drug-likeness (QED) is 0.545. The molecule has 1 aliphatic rings. The molecule has 6 nitrogen and oxygen atoms in total. The van der Waals surface area contributed by atoms with Crippen LogP contribution in [0.2, 0.25) is 0 Å². The van der Waals surface area contributed by atoms with E-state index in [1.807, 2.05) is 23.1 Å². The van der Waals surface area contributed by atoms with Crippen LogP contribution in [0.3, 0.4) is 0 Å². The van der Waals surface area contributed by atoms with E-state index in [0.717, 1.165) is 25.8 Å². The molecule has 6 heteroatoms. The van der Waals surface area contributed by atoms with Gasteiger partial charge >= 0.3 is 0 Å². The number of likely N-dealkylation sites (tertiary alicyclic amines) is 1. The maximum Gasteiger partial charge on any atom is 0.217 e. The standard InChI is InChI=1S/C18H28N2O4/c1-13(21)19-15-11-20(12-16(22)18(24)17(15)23)10-6-5-9-14-7-3-2-4-8-14/h2-4,7-8,15-18,22-24H,5-6,9-12H2,1H3,(H,19,21)/t15-,16-,17+,18+/m0/s1. The highest BCUT2D eigenvalue weighted by molar-refractivity contribution is 5.73. The molecule has 1 heterocycles. The summed E-state index contributed by atoms with van der Waals surface area (Å²) in [5.41, 5.74) is 1.30. The fourth-order valence-corrected chi connectivity index (χ4v) is 3.18. The van der Waals surface area contributed by atoms with Crippen molar-refractivity contribution in [3.8, 4) is 0 Å². The fourth-order valence-electron chi connectivity index (χ4n) is 3.18. The molecular weight excluding hydrogens is 308 g/mol. The molecule has 0 radical (unpaired) electrons. The molecule has 1 amide bonds. The van der Waals surface area contributed by atoms with E-state index in [2.05, 4.69) is 17.4 Å². The van der Waals surface area contributed by atoms with E-state index in [1.54, 1.807) is 0 Å². The van der Waals surface area contributed by atoms with E-state index in [0.29, 0.717) is 13.1 Å². The molecule has 2 rings (SSSR count). The van der Waals surface area contributed by atoms with Gasteiger partial charge in [0.2, 0.25) is 5.91 Å².